The number of hydrogen-bond acceptors (Lipinski definition) is 4. The Morgan fingerprint density at radius 3 is 2.84 bits per heavy atom. The standard InChI is InChI=1S/C14H20N2O3/c1-4-8-19-14(18)16-10-13(5-2)7-6-12(3)9-15-11-17/h4-6,13H,1-2,7-10H2,3H3,(H,16,18)/b12-6+. The summed E-state index contributed by atoms with van der Waals surface area (Å²) in [5, 5.41) is 2.64. The van der Waals surface area contributed by atoms with Crippen LogP contribution in [0.4, 0.5) is 4.79 Å². The zero-order chi connectivity index (χ0) is 14.5. The molecule has 1 atom stereocenters. The van der Waals surface area contributed by atoms with E-state index < -0.39 is 6.09 Å². The summed E-state index contributed by atoms with van der Waals surface area (Å²) in [6, 6.07) is 0. The highest BCUT2D eigenvalue weighted by atomic mass is 16.5. The molecule has 0 aromatic rings. The third kappa shape index (κ3) is 9.56. The zero-order valence-corrected chi connectivity index (χ0v) is 11.2. The number of hydrogen-bond donors (Lipinski definition) is 1. The minimum atomic E-state index is -0.474. The molecule has 1 unspecified atom stereocenters. The molecule has 1 N–H and O–H groups in total. The van der Waals surface area contributed by atoms with E-state index in [4.69, 9.17) is 4.74 Å². The summed E-state index contributed by atoms with van der Waals surface area (Å²) in [5.41, 5.74) is 0.976. The third-order valence-electron chi connectivity index (χ3n) is 2.34. The van der Waals surface area contributed by atoms with Crippen molar-refractivity contribution in [3.63, 3.8) is 0 Å². The van der Waals surface area contributed by atoms with Crippen molar-refractivity contribution in [2.75, 3.05) is 19.7 Å². The van der Waals surface area contributed by atoms with E-state index >= 15 is 0 Å². The van der Waals surface area contributed by atoms with E-state index in [-0.39, 0.29) is 12.5 Å². The lowest BCUT2D eigenvalue weighted by Gasteiger charge is -2.11. The molecule has 19 heavy (non-hydrogen) atoms. The number of nitrogens with zero attached hydrogens (tertiary/aromatic N) is 1. The smallest absolute Gasteiger partial charge is 0.407 e. The van der Waals surface area contributed by atoms with Gasteiger partial charge in [-0.25, -0.2) is 14.6 Å². The van der Waals surface area contributed by atoms with Gasteiger partial charge in [-0.05, 0) is 19.3 Å². The van der Waals surface area contributed by atoms with Crippen LogP contribution in [0.2, 0.25) is 0 Å². The third-order valence-corrected chi connectivity index (χ3v) is 2.34. The molecule has 0 fully saturated rings. The second-order valence-electron chi connectivity index (χ2n) is 3.96. The number of ether oxygens (including phenoxy) is 1. The largest absolute Gasteiger partial charge is 0.445 e. The molecule has 0 saturated heterocycles. The molecule has 0 rings (SSSR count). The van der Waals surface area contributed by atoms with Gasteiger partial charge in [-0.3, -0.25) is 0 Å². The molecule has 0 heterocycles. The van der Waals surface area contributed by atoms with Crippen molar-refractivity contribution in [3.8, 4) is 0 Å². The van der Waals surface area contributed by atoms with Gasteiger partial charge in [0.05, 0.1) is 6.54 Å². The van der Waals surface area contributed by atoms with Crippen molar-refractivity contribution in [2.24, 2.45) is 10.9 Å². The number of allylic oxidation sites excluding steroid dienone is 1. The lowest BCUT2D eigenvalue weighted by molar-refractivity contribution is 0.157. The summed E-state index contributed by atoms with van der Waals surface area (Å²) in [5.74, 6) is 0.103. The van der Waals surface area contributed by atoms with Gasteiger partial charge in [0, 0.05) is 6.54 Å². The fourth-order valence-corrected chi connectivity index (χ4v) is 1.24. The van der Waals surface area contributed by atoms with E-state index in [0.717, 1.165) is 5.57 Å². The van der Waals surface area contributed by atoms with Gasteiger partial charge < -0.3 is 10.1 Å². The van der Waals surface area contributed by atoms with E-state index in [2.05, 4.69) is 23.5 Å². The highest BCUT2D eigenvalue weighted by Gasteiger charge is 2.06. The lowest BCUT2D eigenvalue weighted by atomic mass is 10.0. The molecule has 104 valence electrons. The number of amides is 1. The maximum absolute atomic E-state index is 11.2. The van der Waals surface area contributed by atoms with Crippen molar-refractivity contribution < 1.29 is 14.3 Å². The average Bonchev–Trinajstić information content (AvgIpc) is 2.42. The minimum absolute atomic E-state index is 0.103. The Labute approximate surface area is 113 Å². The average molecular weight is 264 g/mol. The molecule has 0 radical (unpaired) electrons. The van der Waals surface area contributed by atoms with Crippen LogP contribution in [-0.2, 0) is 9.53 Å². The molecule has 0 bridgehead atoms. The predicted octanol–water partition coefficient (Wildman–Crippen LogP) is 2.37. The fraction of sp³-hybridized carbons (Fsp3) is 0.429. The normalized spacial score (nSPS) is 11.9. The first-order chi connectivity index (χ1) is 9.13. The quantitative estimate of drug-likeness (QED) is 0.395. The van der Waals surface area contributed by atoms with Gasteiger partial charge in [0.2, 0.25) is 6.08 Å². The van der Waals surface area contributed by atoms with E-state index in [0.29, 0.717) is 19.5 Å². The summed E-state index contributed by atoms with van der Waals surface area (Å²) in [6.45, 7) is 10.0. The number of carbonyl (C=O) groups is 1. The maximum atomic E-state index is 11.2. The summed E-state index contributed by atoms with van der Waals surface area (Å²) < 4.78 is 4.79. The number of aliphatic imine (C=N–C) groups is 1. The molecular formula is C14H20N2O3. The number of rotatable bonds is 9. The van der Waals surface area contributed by atoms with Gasteiger partial charge in [-0.2, -0.15) is 0 Å². The van der Waals surface area contributed by atoms with Crippen LogP contribution in [0.3, 0.4) is 0 Å². The molecule has 0 saturated carbocycles. The first kappa shape index (κ1) is 16.9. The summed E-state index contributed by atoms with van der Waals surface area (Å²) in [4.78, 5) is 24.7. The van der Waals surface area contributed by atoms with Gasteiger partial charge in [0.1, 0.15) is 6.61 Å². The molecule has 5 nitrogen and oxygen atoms in total. The monoisotopic (exact) mass is 264 g/mol. The van der Waals surface area contributed by atoms with Crippen molar-refractivity contribution in [3.05, 3.63) is 37.0 Å². The van der Waals surface area contributed by atoms with Crippen LogP contribution >= 0.6 is 0 Å². The number of isocyanates is 1. The van der Waals surface area contributed by atoms with Crippen molar-refractivity contribution in [1.29, 1.82) is 0 Å². The first-order valence-electron chi connectivity index (χ1n) is 5.97. The zero-order valence-electron chi connectivity index (χ0n) is 11.2. The fourth-order valence-electron chi connectivity index (χ4n) is 1.24. The molecule has 0 aromatic carbocycles. The molecule has 0 aromatic heterocycles. The van der Waals surface area contributed by atoms with Crippen molar-refractivity contribution in [2.45, 2.75) is 13.3 Å². The Bertz CT molecular complexity index is 382. The number of nitrogens with one attached hydrogen (secondary N) is 1. The van der Waals surface area contributed by atoms with Crippen LogP contribution in [0.15, 0.2) is 42.0 Å². The second-order valence-corrected chi connectivity index (χ2v) is 3.96. The molecule has 0 aliphatic heterocycles. The molecule has 0 spiro atoms. The van der Waals surface area contributed by atoms with Gasteiger partial charge in [-0.1, -0.05) is 30.4 Å². The van der Waals surface area contributed by atoms with Crippen LogP contribution in [0.1, 0.15) is 13.3 Å². The summed E-state index contributed by atoms with van der Waals surface area (Å²) in [7, 11) is 0. The van der Waals surface area contributed by atoms with Crippen LogP contribution in [0.25, 0.3) is 0 Å². The highest BCUT2D eigenvalue weighted by Crippen LogP contribution is 2.07. The van der Waals surface area contributed by atoms with Crippen LogP contribution in [0, 0.1) is 5.92 Å². The molecule has 1 amide bonds. The number of alkyl carbamates (subject to hydrolysis) is 1. The van der Waals surface area contributed by atoms with Crippen molar-refractivity contribution in [1.82, 2.24) is 5.32 Å². The van der Waals surface area contributed by atoms with Crippen LogP contribution < -0.4 is 5.32 Å². The van der Waals surface area contributed by atoms with E-state index in [1.807, 2.05) is 13.0 Å². The molecule has 5 heteroatoms. The Balaban J connectivity index is 4.07. The second kappa shape index (κ2) is 11.0. The van der Waals surface area contributed by atoms with Gasteiger partial charge in [-0.15, -0.1) is 6.58 Å². The Kier molecular flexibility index (Phi) is 9.76. The van der Waals surface area contributed by atoms with E-state index in [1.54, 1.807) is 6.08 Å². The highest BCUT2D eigenvalue weighted by molar-refractivity contribution is 5.67. The predicted molar refractivity (Wildman–Crippen MR) is 74.6 cm³/mol. The molecule has 0 aliphatic carbocycles. The summed E-state index contributed by atoms with van der Waals surface area (Å²) >= 11 is 0. The van der Waals surface area contributed by atoms with Gasteiger partial charge >= 0.3 is 6.09 Å². The van der Waals surface area contributed by atoms with Gasteiger partial charge in [0.15, 0.2) is 0 Å². The lowest BCUT2D eigenvalue weighted by Crippen LogP contribution is -2.29. The Morgan fingerprint density at radius 1 is 1.53 bits per heavy atom. The van der Waals surface area contributed by atoms with Crippen LogP contribution in [0.5, 0.6) is 0 Å². The number of carbonyl (C=O) groups excluding carboxylic acids is 2. The topological polar surface area (TPSA) is 67.8 Å². The maximum Gasteiger partial charge on any atom is 0.407 e. The van der Waals surface area contributed by atoms with E-state index in [9.17, 15) is 9.59 Å². The SMILES string of the molecule is C=CCOC(=O)NCC(C=C)C/C=C(\C)CN=C=O. The Hall–Kier alpha value is -2.13. The van der Waals surface area contributed by atoms with Crippen molar-refractivity contribution >= 4 is 12.2 Å². The molecule has 0 aliphatic rings. The van der Waals surface area contributed by atoms with Crippen LogP contribution in [-0.4, -0.2) is 31.9 Å². The molecular weight excluding hydrogens is 244 g/mol. The minimum Gasteiger partial charge on any atom is -0.445 e. The first-order valence-corrected chi connectivity index (χ1v) is 5.97. The summed E-state index contributed by atoms with van der Waals surface area (Å²) in [6.07, 6.45) is 6.96. The van der Waals surface area contributed by atoms with Gasteiger partial charge in [0.25, 0.3) is 0 Å². The Morgan fingerprint density at radius 2 is 2.26 bits per heavy atom. The van der Waals surface area contributed by atoms with E-state index in [1.165, 1.54) is 12.2 Å².